The smallest absolute Gasteiger partial charge is 0.244 e. The highest BCUT2D eigenvalue weighted by Gasteiger charge is 2.32. The third-order valence-electron chi connectivity index (χ3n) is 4.37. The Bertz CT molecular complexity index is 926. The number of rotatable bonds is 7. The van der Waals surface area contributed by atoms with E-state index in [0.717, 1.165) is 21.7 Å². The van der Waals surface area contributed by atoms with E-state index >= 15 is 0 Å². The number of halogens is 2. The molecule has 2 aromatic carbocycles. The Kier molecular flexibility index (Phi) is 7.37. The first-order valence-electron chi connectivity index (χ1n) is 8.85. The molecule has 1 N–H and O–H groups in total. The van der Waals surface area contributed by atoms with Gasteiger partial charge in [0.15, 0.2) is 0 Å². The highest BCUT2D eigenvalue weighted by atomic mass is 35.5. The van der Waals surface area contributed by atoms with E-state index in [4.69, 9.17) is 23.2 Å². The zero-order chi connectivity index (χ0) is 21.1. The molecule has 28 heavy (non-hydrogen) atoms. The van der Waals surface area contributed by atoms with E-state index in [-0.39, 0.29) is 18.2 Å². The summed E-state index contributed by atoms with van der Waals surface area (Å²) >= 11 is 12.1. The van der Waals surface area contributed by atoms with Crippen molar-refractivity contribution < 1.29 is 13.2 Å². The summed E-state index contributed by atoms with van der Waals surface area (Å²) in [5, 5.41) is 3.49. The van der Waals surface area contributed by atoms with Crippen LogP contribution in [0, 0.1) is 6.92 Å². The molecule has 152 valence electrons. The van der Waals surface area contributed by atoms with E-state index in [0.29, 0.717) is 10.0 Å². The summed E-state index contributed by atoms with van der Waals surface area (Å²) in [6.07, 6.45) is 1.34. The SMILES string of the molecule is CC[C@@H](C(=O)N[C@@H](C)c1ccc(C)cc1)N(c1cc(Cl)cc(Cl)c1)S(C)(=O)=O. The lowest BCUT2D eigenvalue weighted by atomic mass is 10.1. The molecule has 0 radical (unpaired) electrons. The summed E-state index contributed by atoms with van der Waals surface area (Å²) in [4.78, 5) is 13.0. The molecular weight excluding hydrogens is 419 g/mol. The molecule has 0 aliphatic carbocycles. The van der Waals surface area contributed by atoms with Crippen LogP contribution in [-0.4, -0.2) is 26.6 Å². The number of aryl methyl sites for hydroxylation is 1. The number of amides is 1. The quantitative estimate of drug-likeness (QED) is 0.673. The minimum absolute atomic E-state index is 0.255. The first kappa shape index (κ1) is 22.5. The van der Waals surface area contributed by atoms with E-state index in [2.05, 4.69) is 5.32 Å². The van der Waals surface area contributed by atoms with Crippen molar-refractivity contribution in [2.75, 3.05) is 10.6 Å². The van der Waals surface area contributed by atoms with Crippen LogP contribution in [0.2, 0.25) is 10.0 Å². The number of nitrogens with one attached hydrogen (secondary N) is 1. The molecule has 0 fully saturated rings. The molecule has 0 aliphatic heterocycles. The molecule has 2 atom stereocenters. The second kappa shape index (κ2) is 9.16. The van der Waals surface area contributed by atoms with Crippen LogP contribution < -0.4 is 9.62 Å². The van der Waals surface area contributed by atoms with Gasteiger partial charge in [0, 0.05) is 10.0 Å². The Hall–Kier alpha value is -1.76. The predicted molar refractivity (Wildman–Crippen MR) is 116 cm³/mol. The van der Waals surface area contributed by atoms with Crippen molar-refractivity contribution in [3.63, 3.8) is 0 Å². The molecule has 0 bridgehead atoms. The van der Waals surface area contributed by atoms with Gasteiger partial charge < -0.3 is 5.32 Å². The van der Waals surface area contributed by atoms with Crippen LogP contribution in [0.15, 0.2) is 42.5 Å². The molecule has 0 saturated heterocycles. The number of benzene rings is 2. The van der Waals surface area contributed by atoms with Crippen LogP contribution in [0.3, 0.4) is 0 Å². The topological polar surface area (TPSA) is 66.5 Å². The molecule has 0 saturated carbocycles. The normalized spacial score (nSPS) is 13.6. The minimum atomic E-state index is -3.76. The van der Waals surface area contributed by atoms with Crippen LogP contribution in [0.4, 0.5) is 5.69 Å². The zero-order valence-electron chi connectivity index (χ0n) is 16.2. The van der Waals surface area contributed by atoms with Gasteiger partial charge in [0.05, 0.1) is 18.0 Å². The highest BCUT2D eigenvalue weighted by molar-refractivity contribution is 7.92. The molecule has 0 aliphatic rings. The van der Waals surface area contributed by atoms with Gasteiger partial charge in [-0.3, -0.25) is 9.10 Å². The van der Waals surface area contributed by atoms with Gasteiger partial charge in [-0.2, -0.15) is 0 Å². The molecule has 1 amide bonds. The van der Waals surface area contributed by atoms with Crippen LogP contribution >= 0.6 is 23.2 Å². The maximum absolute atomic E-state index is 13.0. The number of carbonyl (C=O) groups is 1. The third-order valence-corrected chi connectivity index (χ3v) is 5.98. The molecule has 0 spiro atoms. The van der Waals surface area contributed by atoms with Gasteiger partial charge in [0.25, 0.3) is 0 Å². The van der Waals surface area contributed by atoms with E-state index < -0.39 is 22.0 Å². The number of nitrogens with zero attached hydrogens (tertiary/aromatic N) is 1. The summed E-state index contributed by atoms with van der Waals surface area (Å²) in [5.74, 6) is -0.392. The fraction of sp³-hybridized carbons (Fsp3) is 0.350. The van der Waals surface area contributed by atoms with E-state index in [1.807, 2.05) is 38.1 Å². The molecule has 5 nitrogen and oxygen atoms in total. The Morgan fingerprint density at radius 1 is 1.11 bits per heavy atom. The minimum Gasteiger partial charge on any atom is -0.348 e. The lowest BCUT2D eigenvalue weighted by Crippen LogP contribution is -2.49. The predicted octanol–water partition coefficient (Wildman–Crippen LogP) is 4.72. The summed E-state index contributed by atoms with van der Waals surface area (Å²) in [6.45, 7) is 5.60. The van der Waals surface area contributed by atoms with Gasteiger partial charge in [-0.05, 0) is 44.0 Å². The third kappa shape index (κ3) is 5.63. The standard InChI is InChI=1S/C20H24Cl2N2O3S/c1-5-19(20(25)23-14(3)15-8-6-13(2)7-9-15)24(28(4,26)27)18-11-16(21)10-17(22)12-18/h6-12,14,19H,5H2,1-4H3,(H,23,25)/t14-,19-/m0/s1. The molecule has 0 aromatic heterocycles. The molecule has 0 unspecified atom stereocenters. The van der Waals surface area contributed by atoms with Gasteiger partial charge in [-0.25, -0.2) is 8.42 Å². The van der Waals surface area contributed by atoms with Gasteiger partial charge in [-0.1, -0.05) is 60.0 Å². The molecule has 0 heterocycles. The summed E-state index contributed by atoms with van der Waals surface area (Å²) < 4.78 is 26.1. The average molecular weight is 443 g/mol. The van der Waals surface area contributed by atoms with E-state index in [1.165, 1.54) is 18.2 Å². The monoisotopic (exact) mass is 442 g/mol. The number of hydrogen-bond donors (Lipinski definition) is 1. The summed E-state index contributed by atoms with van der Waals surface area (Å²) in [6, 6.07) is 11.1. The number of anilines is 1. The highest BCUT2D eigenvalue weighted by Crippen LogP contribution is 2.29. The fourth-order valence-electron chi connectivity index (χ4n) is 2.97. The Balaban J connectivity index is 2.34. The van der Waals surface area contributed by atoms with Crippen molar-refractivity contribution in [1.82, 2.24) is 5.32 Å². The Morgan fingerprint density at radius 3 is 2.11 bits per heavy atom. The maximum Gasteiger partial charge on any atom is 0.244 e. The van der Waals surface area contributed by atoms with Crippen LogP contribution in [-0.2, 0) is 14.8 Å². The lowest BCUT2D eigenvalue weighted by Gasteiger charge is -2.31. The van der Waals surface area contributed by atoms with Crippen LogP contribution in [0.5, 0.6) is 0 Å². The number of sulfonamides is 1. The molecule has 8 heteroatoms. The summed E-state index contributed by atoms with van der Waals surface area (Å²) in [5.41, 5.74) is 2.31. The molecule has 2 rings (SSSR count). The zero-order valence-corrected chi connectivity index (χ0v) is 18.6. The second-order valence-corrected chi connectivity index (χ2v) is 9.48. The largest absolute Gasteiger partial charge is 0.348 e. The number of carbonyl (C=O) groups excluding carboxylic acids is 1. The molecular formula is C20H24Cl2N2O3S. The summed E-state index contributed by atoms with van der Waals surface area (Å²) in [7, 11) is -3.76. The first-order valence-corrected chi connectivity index (χ1v) is 11.5. The van der Waals surface area contributed by atoms with Crippen LogP contribution in [0.1, 0.15) is 37.4 Å². The van der Waals surface area contributed by atoms with Crippen molar-refractivity contribution in [1.29, 1.82) is 0 Å². The Morgan fingerprint density at radius 2 is 1.64 bits per heavy atom. The van der Waals surface area contributed by atoms with Gasteiger partial charge in [0.2, 0.25) is 15.9 Å². The fourth-order valence-corrected chi connectivity index (χ4v) is 4.68. The van der Waals surface area contributed by atoms with Crippen molar-refractivity contribution in [2.24, 2.45) is 0 Å². The van der Waals surface area contributed by atoms with Gasteiger partial charge >= 0.3 is 0 Å². The van der Waals surface area contributed by atoms with E-state index in [1.54, 1.807) is 6.92 Å². The second-order valence-electron chi connectivity index (χ2n) is 6.75. The van der Waals surface area contributed by atoms with Crippen LogP contribution in [0.25, 0.3) is 0 Å². The van der Waals surface area contributed by atoms with Crippen molar-refractivity contribution in [3.05, 3.63) is 63.6 Å². The maximum atomic E-state index is 13.0. The molecule has 2 aromatic rings. The van der Waals surface area contributed by atoms with Crippen molar-refractivity contribution >= 4 is 44.8 Å². The van der Waals surface area contributed by atoms with Crippen molar-refractivity contribution in [2.45, 2.75) is 39.3 Å². The van der Waals surface area contributed by atoms with Crippen molar-refractivity contribution in [3.8, 4) is 0 Å². The Labute approximate surface area is 176 Å². The lowest BCUT2D eigenvalue weighted by molar-refractivity contribution is -0.122. The first-order chi connectivity index (χ1) is 13.0. The van der Waals surface area contributed by atoms with E-state index in [9.17, 15) is 13.2 Å². The van der Waals surface area contributed by atoms with Gasteiger partial charge in [-0.15, -0.1) is 0 Å². The van der Waals surface area contributed by atoms with Gasteiger partial charge in [0.1, 0.15) is 6.04 Å². The average Bonchev–Trinajstić information content (AvgIpc) is 2.57. The number of hydrogen-bond acceptors (Lipinski definition) is 3.